The molecule has 0 unspecified atom stereocenters. The first-order valence-corrected chi connectivity index (χ1v) is 9.35. The van der Waals surface area contributed by atoms with Gasteiger partial charge in [0.25, 0.3) is 5.56 Å². The SMILES string of the molecule is COC(=O)c1cc(Br)ccc1N.O=c1[nH]c(CCl)nc2ccc(Br)cc12. The minimum Gasteiger partial charge on any atom is -0.465 e. The van der Waals surface area contributed by atoms with Gasteiger partial charge in [0.15, 0.2) is 0 Å². The fraction of sp³-hybridized carbons (Fsp3) is 0.118. The number of fused-ring (bicyclic) bond motifs is 1. The number of esters is 1. The van der Waals surface area contributed by atoms with Crippen molar-refractivity contribution >= 4 is 66.0 Å². The van der Waals surface area contributed by atoms with E-state index in [-0.39, 0.29) is 11.4 Å². The summed E-state index contributed by atoms with van der Waals surface area (Å²) in [5, 5.41) is 0.563. The molecule has 6 nitrogen and oxygen atoms in total. The highest BCUT2D eigenvalue weighted by atomic mass is 79.9. The maximum absolute atomic E-state index is 11.5. The number of carbonyl (C=O) groups excluding carboxylic acids is 1. The van der Waals surface area contributed by atoms with Gasteiger partial charge >= 0.3 is 5.97 Å². The van der Waals surface area contributed by atoms with Crippen LogP contribution in [0.15, 0.2) is 50.1 Å². The van der Waals surface area contributed by atoms with Crippen LogP contribution in [0, 0.1) is 0 Å². The Bertz CT molecular complexity index is 1010. The zero-order chi connectivity index (χ0) is 19.3. The van der Waals surface area contributed by atoms with E-state index in [1.54, 1.807) is 30.3 Å². The summed E-state index contributed by atoms with van der Waals surface area (Å²) in [5.41, 5.74) is 6.85. The molecular weight excluding hydrogens is 489 g/mol. The van der Waals surface area contributed by atoms with Gasteiger partial charge in [0, 0.05) is 14.6 Å². The van der Waals surface area contributed by atoms with E-state index in [2.05, 4.69) is 46.6 Å². The highest BCUT2D eigenvalue weighted by Gasteiger charge is 2.09. The lowest BCUT2D eigenvalue weighted by Gasteiger charge is -2.02. The number of nitrogen functional groups attached to an aromatic ring is 1. The molecular formula is C17H14Br2ClN3O3. The van der Waals surface area contributed by atoms with Crippen LogP contribution in [0.2, 0.25) is 0 Å². The second-order valence-corrected chi connectivity index (χ2v) is 7.13. The summed E-state index contributed by atoms with van der Waals surface area (Å²) in [7, 11) is 1.32. The molecule has 9 heteroatoms. The van der Waals surface area contributed by atoms with E-state index in [0.717, 1.165) is 8.95 Å². The number of nitrogens with two attached hydrogens (primary N) is 1. The largest absolute Gasteiger partial charge is 0.465 e. The number of nitrogens with zero attached hydrogens (tertiary/aromatic N) is 1. The van der Waals surface area contributed by atoms with Gasteiger partial charge in [-0.1, -0.05) is 31.9 Å². The Morgan fingerprint density at radius 3 is 2.54 bits per heavy atom. The lowest BCUT2D eigenvalue weighted by molar-refractivity contribution is 0.0602. The van der Waals surface area contributed by atoms with Gasteiger partial charge in [0.1, 0.15) is 5.82 Å². The number of halogens is 3. The van der Waals surface area contributed by atoms with Crippen molar-refractivity contribution in [1.29, 1.82) is 0 Å². The molecule has 1 heterocycles. The number of hydrogen-bond acceptors (Lipinski definition) is 5. The standard InChI is InChI=1S/C9H6BrClN2O.C8H8BrNO2/c10-5-1-2-7-6(3-5)9(14)13-8(4-11)12-7;1-12-8(11)6-4-5(9)2-3-7(6)10/h1-3H,4H2,(H,12,13,14);2-4H,10H2,1H3. The predicted octanol–water partition coefficient (Wildman–Crippen LogP) is 4.24. The van der Waals surface area contributed by atoms with Crippen LogP contribution in [0.3, 0.4) is 0 Å². The first kappa shape index (κ1) is 20.4. The third-order valence-electron chi connectivity index (χ3n) is 3.26. The van der Waals surface area contributed by atoms with E-state index in [1.807, 2.05) is 6.07 Å². The van der Waals surface area contributed by atoms with Crippen molar-refractivity contribution in [3.63, 3.8) is 0 Å². The van der Waals surface area contributed by atoms with Gasteiger partial charge in [-0.2, -0.15) is 0 Å². The molecule has 0 saturated carbocycles. The van der Waals surface area contributed by atoms with Crippen LogP contribution >= 0.6 is 43.5 Å². The van der Waals surface area contributed by atoms with Crippen LogP contribution in [-0.2, 0) is 10.6 Å². The number of aromatic amines is 1. The summed E-state index contributed by atoms with van der Waals surface area (Å²) >= 11 is 12.1. The van der Waals surface area contributed by atoms with Crippen LogP contribution < -0.4 is 11.3 Å². The Kier molecular flexibility index (Phi) is 7.19. The average Bonchev–Trinajstić information content (AvgIpc) is 2.64. The van der Waals surface area contributed by atoms with Crippen molar-refractivity contribution in [3.8, 4) is 0 Å². The maximum Gasteiger partial charge on any atom is 0.339 e. The van der Waals surface area contributed by atoms with Crippen LogP contribution in [0.1, 0.15) is 16.2 Å². The molecule has 3 aromatic rings. The molecule has 26 heavy (non-hydrogen) atoms. The normalized spacial score (nSPS) is 10.2. The average molecular weight is 504 g/mol. The molecule has 3 N–H and O–H groups in total. The first-order chi connectivity index (χ1) is 12.3. The molecule has 136 valence electrons. The fourth-order valence-electron chi connectivity index (χ4n) is 2.04. The minimum absolute atomic E-state index is 0.160. The third kappa shape index (κ3) is 5.06. The monoisotopic (exact) mass is 501 g/mol. The molecule has 0 spiro atoms. The second kappa shape index (κ2) is 9.16. The van der Waals surface area contributed by atoms with E-state index >= 15 is 0 Å². The quantitative estimate of drug-likeness (QED) is 0.310. The molecule has 0 aliphatic heterocycles. The number of hydrogen-bond donors (Lipinski definition) is 2. The van der Waals surface area contributed by atoms with Gasteiger partial charge in [-0.25, -0.2) is 9.78 Å². The van der Waals surface area contributed by atoms with Crippen molar-refractivity contribution in [1.82, 2.24) is 9.97 Å². The van der Waals surface area contributed by atoms with Gasteiger partial charge in [-0.05, 0) is 36.4 Å². The molecule has 0 bridgehead atoms. The van der Waals surface area contributed by atoms with E-state index in [9.17, 15) is 9.59 Å². The molecule has 0 radical (unpaired) electrons. The molecule has 0 saturated heterocycles. The minimum atomic E-state index is -0.422. The molecule has 0 aliphatic rings. The van der Waals surface area contributed by atoms with Crippen LogP contribution in [0.4, 0.5) is 5.69 Å². The number of nitrogens with one attached hydrogen (secondary N) is 1. The highest BCUT2D eigenvalue weighted by Crippen LogP contribution is 2.19. The summed E-state index contributed by atoms with van der Waals surface area (Å²) in [5.74, 6) is 0.279. The molecule has 0 atom stereocenters. The smallest absolute Gasteiger partial charge is 0.339 e. The van der Waals surface area contributed by atoms with Crippen molar-refractivity contribution in [2.75, 3.05) is 12.8 Å². The number of anilines is 1. The number of H-pyrrole nitrogens is 1. The molecule has 1 aromatic heterocycles. The Morgan fingerprint density at radius 1 is 1.23 bits per heavy atom. The molecule has 0 amide bonds. The van der Waals surface area contributed by atoms with Crippen LogP contribution in [0.25, 0.3) is 10.9 Å². The maximum atomic E-state index is 11.5. The summed E-state index contributed by atoms with van der Waals surface area (Å²) in [4.78, 5) is 29.4. The third-order valence-corrected chi connectivity index (χ3v) is 4.50. The van der Waals surface area contributed by atoms with Gasteiger partial charge in [0.2, 0.25) is 0 Å². The molecule has 3 rings (SSSR count). The second-order valence-electron chi connectivity index (χ2n) is 5.03. The van der Waals surface area contributed by atoms with E-state index in [0.29, 0.717) is 28.0 Å². The van der Waals surface area contributed by atoms with Crippen molar-refractivity contribution < 1.29 is 9.53 Å². The van der Waals surface area contributed by atoms with Crippen LogP contribution in [-0.4, -0.2) is 23.0 Å². The van der Waals surface area contributed by atoms with Crippen molar-refractivity contribution in [3.05, 3.63) is 67.1 Å². The Morgan fingerprint density at radius 2 is 1.88 bits per heavy atom. The lowest BCUT2D eigenvalue weighted by atomic mass is 10.2. The number of rotatable bonds is 2. The zero-order valence-electron chi connectivity index (χ0n) is 13.6. The van der Waals surface area contributed by atoms with E-state index < -0.39 is 5.97 Å². The van der Waals surface area contributed by atoms with Gasteiger partial charge in [-0.15, -0.1) is 11.6 Å². The molecule has 2 aromatic carbocycles. The summed E-state index contributed by atoms with van der Waals surface area (Å²) in [6, 6.07) is 10.4. The summed E-state index contributed by atoms with van der Waals surface area (Å²) < 4.78 is 6.19. The zero-order valence-corrected chi connectivity index (χ0v) is 17.5. The Balaban J connectivity index is 0.000000190. The summed E-state index contributed by atoms with van der Waals surface area (Å²) in [6.45, 7) is 0. The van der Waals surface area contributed by atoms with E-state index in [4.69, 9.17) is 17.3 Å². The van der Waals surface area contributed by atoms with Gasteiger partial charge in [0.05, 0.1) is 29.5 Å². The number of carbonyl (C=O) groups is 1. The number of alkyl halides is 1. The highest BCUT2D eigenvalue weighted by molar-refractivity contribution is 9.10. The number of methoxy groups -OCH3 is 1. The van der Waals surface area contributed by atoms with E-state index in [1.165, 1.54) is 7.11 Å². The number of aromatic nitrogens is 2. The van der Waals surface area contributed by atoms with Gasteiger partial charge in [-0.3, -0.25) is 4.79 Å². The first-order valence-electron chi connectivity index (χ1n) is 7.23. The van der Waals surface area contributed by atoms with Crippen molar-refractivity contribution in [2.45, 2.75) is 5.88 Å². The molecule has 0 fully saturated rings. The predicted molar refractivity (Wildman–Crippen MR) is 110 cm³/mol. The Labute approximate surface area is 171 Å². The topological polar surface area (TPSA) is 98.1 Å². The number of benzene rings is 2. The lowest BCUT2D eigenvalue weighted by Crippen LogP contribution is -2.10. The van der Waals surface area contributed by atoms with Gasteiger partial charge < -0.3 is 15.5 Å². The van der Waals surface area contributed by atoms with Crippen LogP contribution in [0.5, 0.6) is 0 Å². The molecule has 0 aliphatic carbocycles. The fourth-order valence-corrected chi connectivity index (χ4v) is 2.89. The number of ether oxygens (including phenoxy) is 1. The Hall–Kier alpha value is -1.90. The summed E-state index contributed by atoms with van der Waals surface area (Å²) in [6.07, 6.45) is 0. The van der Waals surface area contributed by atoms with Crippen molar-refractivity contribution in [2.24, 2.45) is 0 Å².